The molecule has 68 valence electrons. The molecule has 1 unspecified atom stereocenters. The number of aldehydes is 1. The van der Waals surface area contributed by atoms with Crippen LogP contribution in [0.1, 0.15) is 11.1 Å². The fraction of sp³-hybridized carbons (Fsp3) is 0.300. The van der Waals surface area contributed by atoms with Gasteiger partial charge in [-0.3, -0.25) is 9.69 Å². The van der Waals surface area contributed by atoms with Crippen molar-refractivity contribution in [3.63, 3.8) is 0 Å². The lowest BCUT2D eigenvalue weighted by atomic mass is 10.1. The molecule has 1 aliphatic rings. The van der Waals surface area contributed by atoms with Crippen LogP contribution in [-0.4, -0.2) is 18.2 Å². The first-order valence-corrected chi connectivity index (χ1v) is 4.92. The Kier molecular flexibility index (Phi) is 2.00. The van der Waals surface area contributed by atoms with Crippen LogP contribution in [0.4, 0.5) is 0 Å². The van der Waals surface area contributed by atoms with Crippen LogP contribution in [0.25, 0.3) is 0 Å². The van der Waals surface area contributed by atoms with Crippen LogP contribution in [0.5, 0.6) is 0 Å². The Bertz CT molecular complexity index is 353. The highest BCUT2D eigenvalue weighted by atomic mass is 79.9. The van der Waals surface area contributed by atoms with Gasteiger partial charge >= 0.3 is 0 Å². The second-order valence-corrected chi connectivity index (χ2v) is 4.51. The molecule has 1 atom stereocenters. The summed E-state index contributed by atoms with van der Waals surface area (Å²) in [6.07, 6.45) is 0.943. The summed E-state index contributed by atoms with van der Waals surface area (Å²) in [5, 5.41) is 0. The molecule has 0 amide bonds. The van der Waals surface area contributed by atoms with E-state index in [-0.39, 0.29) is 0 Å². The lowest BCUT2D eigenvalue weighted by Crippen LogP contribution is -2.33. The lowest BCUT2D eigenvalue weighted by Gasteiger charge is -2.24. The number of hydrogen-bond donors (Lipinski definition) is 0. The van der Waals surface area contributed by atoms with Gasteiger partial charge in [0.2, 0.25) is 0 Å². The second-order valence-electron chi connectivity index (χ2n) is 3.30. The summed E-state index contributed by atoms with van der Waals surface area (Å²) in [6.45, 7) is 0.820. The molecule has 1 aromatic carbocycles. The van der Waals surface area contributed by atoms with Crippen molar-refractivity contribution in [2.24, 2.45) is 0 Å². The highest BCUT2D eigenvalue weighted by Crippen LogP contribution is 2.41. The van der Waals surface area contributed by atoms with Gasteiger partial charge in [-0.15, -0.1) is 0 Å². The maximum atomic E-state index is 11.0. The van der Waals surface area contributed by atoms with Gasteiger partial charge in [-0.05, 0) is 18.2 Å². The molecule has 1 heterocycles. The molecule has 2 rings (SSSR count). The number of carbonyl (C=O) groups excluding carboxylic acids is 1. The maximum Gasteiger partial charge on any atom is 0.159 e. The molecule has 1 aliphatic heterocycles. The molecule has 2 nitrogen and oxygen atoms in total. The van der Waals surface area contributed by atoms with E-state index in [0.717, 1.165) is 18.4 Å². The van der Waals surface area contributed by atoms with Crippen LogP contribution in [0, 0.1) is 0 Å². The molecular formula is C10H10BrNO. The number of fused-ring (bicyclic) bond motifs is 1. The predicted octanol–water partition coefficient (Wildman–Crippen LogP) is 1.88. The van der Waals surface area contributed by atoms with Crippen molar-refractivity contribution in [3.05, 3.63) is 35.4 Å². The van der Waals surface area contributed by atoms with Crippen molar-refractivity contribution in [3.8, 4) is 0 Å². The summed E-state index contributed by atoms with van der Waals surface area (Å²) < 4.78 is -0.608. The summed E-state index contributed by atoms with van der Waals surface area (Å²) in [6, 6.07) is 7.99. The smallest absolute Gasteiger partial charge is 0.159 e. The van der Waals surface area contributed by atoms with E-state index in [9.17, 15) is 4.79 Å². The summed E-state index contributed by atoms with van der Waals surface area (Å²) in [5.41, 5.74) is 2.28. The fourth-order valence-electron chi connectivity index (χ4n) is 1.73. The minimum absolute atomic E-state index is 0.608. The molecule has 0 bridgehead atoms. The molecule has 3 heteroatoms. The zero-order valence-corrected chi connectivity index (χ0v) is 8.91. The Hall–Kier alpha value is -0.670. The molecule has 13 heavy (non-hydrogen) atoms. The zero-order valence-electron chi connectivity index (χ0n) is 7.33. The average molecular weight is 240 g/mol. The Morgan fingerprint density at radius 1 is 1.54 bits per heavy atom. The van der Waals surface area contributed by atoms with Crippen molar-refractivity contribution in [2.75, 3.05) is 7.05 Å². The first kappa shape index (κ1) is 8.91. The number of hydrogen-bond acceptors (Lipinski definition) is 2. The normalized spacial score (nSPS) is 27.2. The van der Waals surface area contributed by atoms with Gasteiger partial charge in [-0.25, -0.2) is 0 Å². The van der Waals surface area contributed by atoms with E-state index in [2.05, 4.69) is 22.0 Å². The molecule has 0 saturated heterocycles. The van der Waals surface area contributed by atoms with E-state index in [4.69, 9.17) is 0 Å². The minimum atomic E-state index is -0.608. The van der Waals surface area contributed by atoms with Crippen LogP contribution >= 0.6 is 15.9 Å². The summed E-state index contributed by atoms with van der Waals surface area (Å²) >= 11 is 3.47. The van der Waals surface area contributed by atoms with Gasteiger partial charge in [-0.2, -0.15) is 0 Å². The van der Waals surface area contributed by atoms with Crippen molar-refractivity contribution in [1.29, 1.82) is 0 Å². The van der Waals surface area contributed by atoms with E-state index < -0.39 is 4.45 Å². The molecule has 0 radical (unpaired) electrons. The summed E-state index contributed by atoms with van der Waals surface area (Å²) in [7, 11) is 1.93. The Balaban J connectivity index is 2.58. The lowest BCUT2D eigenvalue weighted by molar-refractivity contribution is -0.113. The van der Waals surface area contributed by atoms with Crippen molar-refractivity contribution < 1.29 is 4.79 Å². The van der Waals surface area contributed by atoms with Crippen LogP contribution < -0.4 is 0 Å². The molecule has 0 aliphatic carbocycles. The van der Waals surface area contributed by atoms with Gasteiger partial charge in [0.05, 0.1) is 0 Å². The van der Waals surface area contributed by atoms with Gasteiger partial charge in [0.15, 0.2) is 10.7 Å². The number of rotatable bonds is 1. The third-order valence-corrected chi connectivity index (χ3v) is 3.73. The topological polar surface area (TPSA) is 20.3 Å². The molecule has 0 fully saturated rings. The Morgan fingerprint density at radius 2 is 2.23 bits per heavy atom. The Labute approximate surface area is 85.7 Å². The van der Waals surface area contributed by atoms with E-state index in [1.54, 1.807) is 0 Å². The summed E-state index contributed by atoms with van der Waals surface area (Å²) in [5.74, 6) is 0. The Morgan fingerprint density at radius 3 is 2.92 bits per heavy atom. The third kappa shape index (κ3) is 1.15. The van der Waals surface area contributed by atoms with Crippen molar-refractivity contribution >= 4 is 22.2 Å². The predicted molar refractivity (Wildman–Crippen MR) is 54.6 cm³/mol. The number of nitrogens with zero attached hydrogens (tertiary/aromatic N) is 1. The monoisotopic (exact) mass is 239 g/mol. The first-order chi connectivity index (χ1) is 6.18. The van der Waals surface area contributed by atoms with E-state index in [1.165, 1.54) is 5.56 Å². The van der Waals surface area contributed by atoms with Gasteiger partial charge in [0.1, 0.15) is 0 Å². The molecule has 0 aromatic heterocycles. The fourth-order valence-corrected chi connectivity index (χ4v) is 2.24. The third-order valence-electron chi connectivity index (χ3n) is 2.51. The minimum Gasteiger partial charge on any atom is -0.300 e. The van der Waals surface area contributed by atoms with E-state index in [0.29, 0.717) is 0 Å². The molecule has 1 aromatic rings. The number of benzene rings is 1. The number of halogens is 1. The molecule has 0 saturated carbocycles. The maximum absolute atomic E-state index is 11.0. The average Bonchev–Trinajstić information content (AvgIpc) is 2.41. The highest BCUT2D eigenvalue weighted by molar-refractivity contribution is 9.10. The van der Waals surface area contributed by atoms with Crippen LogP contribution in [0.15, 0.2) is 24.3 Å². The molecule has 0 spiro atoms. The first-order valence-electron chi connectivity index (χ1n) is 4.13. The standard InChI is InChI=1S/C10H10BrNO/c1-12-6-8-4-2-3-5-9(8)10(12,11)7-13/h2-5,7H,6H2,1H3. The quantitative estimate of drug-likeness (QED) is 0.424. The number of likely N-dealkylation sites (N-methyl/N-ethyl adjacent to an activating group) is 1. The van der Waals surface area contributed by atoms with Gasteiger partial charge in [0.25, 0.3) is 0 Å². The second kappa shape index (κ2) is 2.93. The highest BCUT2D eigenvalue weighted by Gasteiger charge is 2.40. The van der Waals surface area contributed by atoms with Crippen molar-refractivity contribution in [2.45, 2.75) is 11.0 Å². The van der Waals surface area contributed by atoms with E-state index >= 15 is 0 Å². The molecule has 0 N–H and O–H groups in total. The SMILES string of the molecule is CN1Cc2ccccc2C1(Br)C=O. The molecular weight excluding hydrogens is 230 g/mol. The number of alkyl halides is 1. The largest absolute Gasteiger partial charge is 0.300 e. The van der Waals surface area contributed by atoms with Crippen molar-refractivity contribution in [1.82, 2.24) is 4.90 Å². The zero-order chi connectivity index (χ0) is 9.47. The number of carbonyl (C=O) groups is 1. The van der Waals surface area contributed by atoms with Crippen LogP contribution in [-0.2, 0) is 15.8 Å². The summed E-state index contributed by atoms with van der Waals surface area (Å²) in [4.78, 5) is 13.0. The van der Waals surface area contributed by atoms with E-state index in [1.807, 2.05) is 30.1 Å². The van der Waals surface area contributed by atoms with Crippen LogP contribution in [0.3, 0.4) is 0 Å². The van der Waals surface area contributed by atoms with Gasteiger partial charge < -0.3 is 0 Å². The van der Waals surface area contributed by atoms with Crippen LogP contribution in [0.2, 0.25) is 0 Å². The van der Waals surface area contributed by atoms with Gasteiger partial charge in [-0.1, -0.05) is 40.2 Å². The van der Waals surface area contributed by atoms with Gasteiger partial charge in [0, 0.05) is 6.54 Å².